The van der Waals surface area contributed by atoms with Crippen LogP contribution in [0.15, 0.2) is 46.8 Å². The SMILES string of the molecule is C#CCCCn1cnc(=N)c2[nH]c(SC(=C)/C(C)=C\C(=C)C)nc21. The van der Waals surface area contributed by atoms with E-state index in [1.807, 2.05) is 24.5 Å². The number of aryl methyl sites for hydroxylation is 1. The van der Waals surface area contributed by atoms with E-state index in [0.717, 1.165) is 29.0 Å². The molecule has 2 rings (SSSR count). The number of nitrogens with one attached hydrogen (secondary N) is 2. The Kier molecular flexibility index (Phi) is 5.83. The van der Waals surface area contributed by atoms with E-state index < -0.39 is 0 Å². The molecule has 0 aliphatic carbocycles. The summed E-state index contributed by atoms with van der Waals surface area (Å²) in [6, 6.07) is 0. The number of rotatable bonds is 7. The Hall–Kier alpha value is -2.52. The largest absolute Gasteiger partial charge is 0.328 e. The molecular formula is C18H21N5S. The summed E-state index contributed by atoms with van der Waals surface area (Å²) in [5.74, 6) is 2.63. The van der Waals surface area contributed by atoms with Crippen LogP contribution in [0.3, 0.4) is 0 Å². The van der Waals surface area contributed by atoms with Gasteiger partial charge in [-0.3, -0.25) is 5.41 Å². The molecule has 0 unspecified atom stereocenters. The first-order valence-electron chi connectivity index (χ1n) is 7.56. The Morgan fingerprint density at radius 1 is 1.50 bits per heavy atom. The number of aromatic nitrogens is 4. The van der Waals surface area contributed by atoms with Crippen LogP contribution < -0.4 is 5.49 Å². The summed E-state index contributed by atoms with van der Waals surface area (Å²) < 4.78 is 1.92. The molecule has 0 spiro atoms. The zero-order valence-electron chi connectivity index (χ0n) is 14.0. The molecule has 0 fully saturated rings. The van der Waals surface area contributed by atoms with Gasteiger partial charge in [0.2, 0.25) is 0 Å². The molecule has 0 aromatic carbocycles. The fraction of sp³-hybridized carbons (Fsp3) is 0.278. The third-order valence-electron chi connectivity index (χ3n) is 3.34. The first-order valence-corrected chi connectivity index (χ1v) is 8.38. The van der Waals surface area contributed by atoms with Gasteiger partial charge in [-0.2, -0.15) is 0 Å². The second kappa shape index (κ2) is 7.84. The van der Waals surface area contributed by atoms with E-state index in [1.54, 1.807) is 6.33 Å². The molecule has 0 radical (unpaired) electrons. The number of H-pyrrole nitrogens is 1. The second-order valence-corrected chi connectivity index (χ2v) is 6.62. The molecule has 2 heterocycles. The molecule has 24 heavy (non-hydrogen) atoms. The normalized spacial score (nSPS) is 11.5. The molecule has 0 saturated carbocycles. The lowest BCUT2D eigenvalue weighted by Gasteiger charge is -2.04. The van der Waals surface area contributed by atoms with Crippen molar-refractivity contribution in [2.45, 2.75) is 38.4 Å². The van der Waals surface area contributed by atoms with Crippen molar-refractivity contribution in [2.75, 3.05) is 0 Å². The average Bonchev–Trinajstić information content (AvgIpc) is 2.93. The van der Waals surface area contributed by atoms with Gasteiger partial charge in [0.1, 0.15) is 5.52 Å². The molecule has 124 valence electrons. The number of nitrogens with zero attached hydrogens (tertiary/aromatic N) is 3. The standard InChI is InChI=1S/C18H21N5S/c1-6-7-8-9-23-11-20-16(19)15-17(23)22-18(21-15)24-14(5)13(4)10-12(2)3/h1,10-11,19H,2,5,7-9H2,3-4H3,(H,21,22)/b13-10-,19-16?. The smallest absolute Gasteiger partial charge is 0.173 e. The minimum Gasteiger partial charge on any atom is -0.328 e. The van der Waals surface area contributed by atoms with Crippen molar-refractivity contribution in [1.82, 2.24) is 19.5 Å². The Labute approximate surface area is 146 Å². The highest BCUT2D eigenvalue weighted by Crippen LogP contribution is 2.29. The van der Waals surface area contributed by atoms with E-state index in [4.69, 9.17) is 11.8 Å². The summed E-state index contributed by atoms with van der Waals surface area (Å²) in [4.78, 5) is 12.8. The van der Waals surface area contributed by atoms with E-state index in [-0.39, 0.29) is 5.49 Å². The number of hydrogen-bond donors (Lipinski definition) is 2. The van der Waals surface area contributed by atoms with Crippen LogP contribution in [0.5, 0.6) is 0 Å². The van der Waals surface area contributed by atoms with Gasteiger partial charge in [0.05, 0.1) is 6.33 Å². The van der Waals surface area contributed by atoms with Crippen molar-refractivity contribution < 1.29 is 0 Å². The first-order chi connectivity index (χ1) is 11.4. The predicted octanol–water partition coefficient (Wildman–Crippen LogP) is 3.78. The predicted molar refractivity (Wildman–Crippen MR) is 99.4 cm³/mol. The molecule has 0 amide bonds. The van der Waals surface area contributed by atoms with Crippen LogP contribution >= 0.6 is 11.8 Å². The lowest BCUT2D eigenvalue weighted by molar-refractivity contribution is 0.653. The highest BCUT2D eigenvalue weighted by atomic mass is 32.2. The molecule has 0 aliphatic heterocycles. The number of hydrogen-bond acceptors (Lipinski definition) is 4. The maximum atomic E-state index is 7.96. The lowest BCUT2D eigenvalue weighted by atomic mass is 10.2. The summed E-state index contributed by atoms with van der Waals surface area (Å²) in [5.41, 5.74) is 3.53. The van der Waals surface area contributed by atoms with Crippen LogP contribution in [-0.4, -0.2) is 19.5 Å². The van der Waals surface area contributed by atoms with Crippen molar-refractivity contribution in [2.24, 2.45) is 0 Å². The fourth-order valence-corrected chi connectivity index (χ4v) is 2.91. The molecule has 2 aromatic rings. The van der Waals surface area contributed by atoms with Crippen molar-refractivity contribution in [3.05, 3.63) is 47.1 Å². The molecule has 0 atom stereocenters. The number of unbranched alkanes of at least 4 members (excludes halogenated alkanes) is 1. The molecule has 0 saturated heterocycles. The van der Waals surface area contributed by atoms with Crippen LogP contribution in [0, 0.1) is 17.8 Å². The summed E-state index contributed by atoms with van der Waals surface area (Å²) in [5, 5.41) is 8.65. The van der Waals surface area contributed by atoms with E-state index in [2.05, 4.69) is 34.0 Å². The fourth-order valence-electron chi connectivity index (χ4n) is 2.17. The number of allylic oxidation sites excluding steroid dienone is 3. The topological polar surface area (TPSA) is 70.3 Å². The van der Waals surface area contributed by atoms with Gasteiger partial charge in [-0.1, -0.05) is 36.6 Å². The molecule has 2 N–H and O–H groups in total. The highest BCUT2D eigenvalue weighted by Gasteiger charge is 2.11. The molecule has 2 aromatic heterocycles. The monoisotopic (exact) mass is 339 g/mol. The zero-order chi connectivity index (χ0) is 17.7. The van der Waals surface area contributed by atoms with Gasteiger partial charge >= 0.3 is 0 Å². The summed E-state index contributed by atoms with van der Waals surface area (Å²) in [7, 11) is 0. The summed E-state index contributed by atoms with van der Waals surface area (Å²) in [6.07, 6.45) is 10.5. The minimum atomic E-state index is 0.178. The summed E-state index contributed by atoms with van der Waals surface area (Å²) >= 11 is 1.44. The number of thioether (sulfide) groups is 1. The van der Waals surface area contributed by atoms with Crippen molar-refractivity contribution in [1.29, 1.82) is 5.41 Å². The van der Waals surface area contributed by atoms with Crippen molar-refractivity contribution in [3.8, 4) is 12.3 Å². The number of aromatic amines is 1. The van der Waals surface area contributed by atoms with Gasteiger partial charge in [0, 0.05) is 17.9 Å². The van der Waals surface area contributed by atoms with Crippen LogP contribution in [-0.2, 0) is 6.54 Å². The van der Waals surface area contributed by atoms with Gasteiger partial charge < -0.3 is 9.55 Å². The number of imidazole rings is 1. The third kappa shape index (κ3) is 4.27. The van der Waals surface area contributed by atoms with Crippen LogP contribution in [0.1, 0.15) is 26.7 Å². The quantitative estimate of drug-likeness (QED) is 0.349. The molecule has 0 bridgehead atoms. The van der Waals surface area contributed by atoms with Crippen molar-refractivity contribution in [3.63, 3.8) is 0 Å². The van der Waals surface area contributed by atoms with E-state index in [0.29, 0.717) is 22.7 Å². The van der Waals surface area contributed by atoms with E-state index >= 15 is 0 Å². The first kappa shape index (κ1) is 17.8. The molecular weight excluding hydrogens is 318 g/mol. The molecule has 0 aliphatic rings. The van der Waals surface area contributed by atoms with Crippen molar-refractivity contribution >= 4 is 22.9 Å². The van der Waals surface area contributed by atoms with Crippen LogP contribution in [0.25, 0.3) is 11.2 Å². The third-order valence-corrected chi connectivity index (χ3v) is 4.30. The maximum absolute atomic E-state index is 7.96. The number of terminal acetylenes is 1. The average molecular weight is 339 g/mol. The van der Waals surface area contributed by atoms with Gasteiger partial charge in [-0.25, -0.2) is 9.97 Å². The van der Waals surface area contributed by atoms with E-state index in [9.17, 15) is 0 Å². The Balaban J connectivity index is 2.30. The van der Waals surface area contributed by atoms with Gasteiger partial charge in [-0.05, 0) is 25.8 Å². The van der Waals surface area contributed by atoms with Gasteiger partial charge in [0.15, 0.2) is 16.3 Å². The molecule has 5 nitrogen and oxygen atoms in total. The molecule has 6 heteroatoms. The van der Waals surface area contributed by atoms with E-state index in [1.165, 1.54) is 11.8 Å². The number of fused-ring (bicyclic) bond motifs is 1. The summed E-state index contributed by atoms with van der Waals surface area (Å²) in [6.45, 7) is 12.6. The maximum Gasteiger partial charge on any atom is 0.173 e. The second-order valence-electron chi connectivity index (χ2n) is 5.53. The Morgan fingerprint density at radius 2 is 2.25 bits per heavy atom. The van der Waals surface area contributed by atoms with Gasteiger partial charge in [-0.15, -0.1) is 12.3 Å². The van der Waals surface area contributed by atoms with Crippen LogP contribution in [0.2, 0.25) is 0 Å². The Morgan fingerprint density at radius 3 is 2.92 bits per heavy atom. The minimum absolute atomic E-state index is 0.178. The zero-order valence-corrected chi connectivity index (χ0v) is 14.8. The Bertz CT molecular complexity index is 908. The lowest BCUT2D eigenvalue weighted by Crippen LogP contribution is -2.12. The van der Waals surface area contributed by atoms with Crippen LogP contribution in [0.4, 0.5) is 0 Å². The van der Waals surface area contributed by atoms with Gasteiger partial charge in [0.25, 0.3) is 0 Å². The highest BCUT2D eigenvalue weighted by molar-refractivity contribution is 8.03.